The largest absolute Gasteiger partial charge is 0.489 e. The van der Waals surface area contributed by atoms with Crippen molar-refractivity contribution in [3.63, 3.8) is 0 Å². The monoisotopic (exact) mass is 415 g/mol. The van der Waals surface area contributed by atoms with Crippen molar-refractivity contribution in [2.45, 2.75) is 20.5 Å². The normalized spacial score (nSPS) is 10.8. The second-order valence-electron chi connectivity index (χ2n) is 7.16. The minimum Gasteiger partial charge on any atom is -0.489 e. The Bertz CT molecular complexity index is 1260. The molecule has 2 amide bonds. The maximum absolute atomic E-state index is 12.8. The lowest BCUT2D eigenvalue weighted by molar-refractivity contribution is 0.0615. The van der Waals surface area contributed by atoms with Crippen molar-refractivity contribution in [2.24, 2.45) is 5.84 Å². The number of nitrogens with two attached hydrogens (primary N) is 1. The predicted octanol–water partition coefficient (Wildman–Crippen LogP) is 4.18. The molecule has 7 nitrogen and oxygen atoms in total. The highest BCUT2D eigenvalue weighted by Gasteiger charge is 2.22. The molecule has 0 atom stereocenters. The molecule has 0 saturated carbocycles. The number of rotatable bonds is 5. The van der Waals surface area contributed by atoms with Crippen LogP contribution in [0.2, 0.25) is 0 Å². The number of hydrazine groups is 1. The zero-order valence-electron chi connectivity index (χ0n) is 17.2. The molecular formula is C24H21N3O4. The fraction of sp³-hybridized carbons (Fsp3) is 0.125. The van der Waals surface area contributed by atoms with E-state index in [0.717, 1.165) is 22.0 Å². The fourth-order valence-electron chi connectivity index (χ4n) is 3.28. The van der Waals surface area contributed by atoms with Gasteiger partial charge in [-0.25, -0.2) is 10.9 Å². The first-order chi connectivity index (χ1) is 14.9. The van der Waals surface area contributed by atoms with Crippen molar-refractivity contribution in [2.75, 3.05) is 0 Å². The number of carbonyl (C=O) groups is 2. The summed E-state index contributed by atoms with van der Waals surface area (Å²) in [5, 5.41) is 6.41. The topological polar surface area (TPSA) is 98.7 Å². The van der Waals surface area contributed by atoms with E-state index in [-0.39, 0.29) is 12.2 Å². The average molecular weight is 415 g/mol. The lowest BCUT2D eigenvalue weighted by Gasteiger charge is -2.16. The fourth-order valence-corrected chi connectivity index (χ4v) is 3.28. The van der Waals surface area contributed by atoms with Crippen LogP contribution in [0.1, 0.15) is 37.7 Å². The molecule has 4 aromatic rings. The molecule has 7 heteroatoms. The summed E-state index contributed by atoms with van der Waals surface area (Å²) in [5.74, 6) is 5.82. The van der Waals surface area contributed by atoms with Crippen LogP contribution < -0.4 is 10.6 Å². The predicted molar refractivity (Wildman–Crippen MR) is 115 cm³/mol. The first-order valence-corrected chi connectivity index (χ1v) is 9.71. The Labute approximate surface area is 179 Å². The van der Waals surface area contributed by atoms with Crippen molar-refractivity contribution in [3.05, 3.63) is 94.9 Å². The quantitative estimate of drug-likeness (QED) is 0.227. The van der Waals surface area contributed by atoms with E-state index < -0.39 is 11.8 Å². The summed E-state index contributed by atoms with van der Waals surface area (Å²) in [7, 11) is 0. The molecule has 0 aliphatic heterocycles. The van der Waals surface area contributed by atoms with Crippen LogP contribution in [0.5, 0.6) is 5.75 Å². The van der Waals surface area contributed by atoms with Gasteiger partial charge < -0.3 is 9.26 Å². The summed E-state index contributed by atoms with van der Waals surface area (Å²) in [4.78, 5) is 25.6. The lowest BCUT2D eigenvalue weighted by atomic mass is 10.1. The molecule has 0 fully saturated rings. The van der Waals surface area contributed by atoms with Gasteiger partial charge in [0.1, 0.15) is 18.1 Å². The summed E-state index contributed by atoms with van der Waals surface area (Å²) in [6.45, 7) is 3.89. The molecule has 0 unspecified atom stereocenters. The van der Waals surface area contributed by atoms with Gasteiger partial charge >= 0.3 is 0 Å². The van der Waals surface area contributed by atoms with Crippen molar-refractivity contribution in [1.82, 2.24) is 10.2 Å². The molecular weight excluding hydrogens is 394 g/mol. The van der Waals surface area contributed by atoms with Gasteiger partial charge in [0.2, 0.25) is 0 Å². The number of aromatic nitrogens is 1. The first kappa shape index (κ1) is 20.3. The Kier molecular flexibility index (Phi) is 5.51. The average Bonchev–Trinajstić information content (AvgIpc) is 3.13. The van der Waals surface area contributed by atoms with E-state index in [1.165, 1.54) is 0 Å². The van der Waals surface area contributed by atoms with Crippen molar-refractivity contribution < 1.29 is 18.8 Å². The molecule has 0 aliphatic carbocycles. The summed E-state index contributed by atoms with van der Waals surface area (Å²) >= 11 is 0. The van der Waals surface area contributed by atoms with Crippen LogP contribution in [0.3, 0.4) is 0 Å². The summed E-state index contributed by atoms with van der Waals surface area (Å²) in [5.41, 5.74) is 2.18. The number of aryl methyl sites for hydroxylation is 2. The molecule has 31 heavy (non-hydrogen) atoms. The standard InChI is InChI=1S/C24H21N3O4/c1-15-22(16(2)31-26-15)14-30-21-9-5-8-19(13-21)23(28)27(25)24(29)20-11-10-17-6-3-4-7-18(17)12-20/h3-13H,14,25H2,1-2H3. The zero-order chi connectivity index (χ0) is 22.0. The summed E-state index contributed by atoms with van der Waals surface area (Å²) in [6, 6.07) is 19.4. The van der Waals surface area contributed by atoms with Gasteiger partial charge in [0.05, 0.1) is 11.3 Å². The van der Waals surface area contributed by atoms with Gasteiger partial charge in [-0.05, 0) is 55.0 Å². The number of nitrogens with zero attached hydrogens (tertiary/aromatic N) is 2. The van der Waals surface area contributed by atoms with Crippen LogP contribution in [0.4, 0.5) is 0 Å². The first-order valence-electron chi connectivity index (χ1n) is 9.71. The number of fused-ring (bicyclic) bond motifs is 1. The van der Waals surface area contributed by atoms with Crippen molar-refractivity contribution in [3.8, 4) is 5.75 Å². The van der Waals surface area contributed by atoms with Crippen LogP contribution in [-0.2, 0) is 6.61 Å². The van der Waals surface area contributed by atoms with E-state index in [1.54, 1.807) is 36.4 Å². The van der Waals surface area contributed by atoms with Crippen LogP contribution >= 0.6 is 0 Å². The minimum atomic E-state index is -0.624. The number of imide groups is 1. The molecule has 0 saturated heterocycles. The zero-order valence-corrected chi connectivity index (χ0v) is 17.2. The van der Waals surface area contributed by atoms with Crippen molar-refractivity contribution >= 4 is 22.6 Å². The van der Waals surface area contributed by atoms with E-state index in [0.29, 0.717) is 22.1 Å². The second kappa shape index (κ2) is 8.41. The molecule has 2 N–H and O–H groups in total. The number of benzene rings is 3. The number of hydrogen-bond donors (Lipinski definition) is 1. The molecule has 0 spiro atoms. The SMILES string of the molecule is Cc1noc(C)c1COc1cccc(C(=O)N(N)C(=O)c2ccc3ccccc3c2)c1. The van der Waals surface area contributed by atoms with Gasteiger partial charge in [-0.15, -0.1) is 0 Å². The van der Waals surface area contributed by atoms with E-state index >= 15 is 0 Å². The van der Waals surface area contributed by atoms with Gasteiger partial charge in [-0.2, -0.15) is 0 Å². The summed E-state index contributed by atoms with van der Waals surface area (Å²) in [6.07, 6.45) is 0. The third kappa shape index (κ3) is 4.17. The highest BCUT2D eigenvalue weighted by atomic mass is 16.5. The van der Waals surface area contributed by atoms with Crippen LogP contribution in [0.15, 0.2) is 71.3 Å². The van der Waals surface area contributed by atoms with E-state index in [1.807, 2.05) is 44.2 Å². The Hall–Kier alpha value is -3.97. The lowest BCUT2D eigenvalue weighted by Crippen LogP contribution is -2.42. The summed E-state index contributed by atoms with van der Waals surface area (Å²) < 4.78 is 10.9. The number of ether oxygens (including phenoxy) is 1. The number of amides is 2. The highest BCUT2D eigenvalue weighted by Crippen LogP contribution is 2.20. The Morgan fingerprint density at radius 3 is 2.35 bits per heavy atom. The van der Waals surface area contributed by atoms with Gasteiger partial charge in [0, 0.05) is 11.1 Å². The molecule has 0 bridgehead atoms. The van der Waals surface area contributed by atoms with E-state index in [2.05, 4.69) is 5.16 Å². The molecule has 0 aliphatic rings. The smallest absolute Gasteiger partial charge is 0.275 e. The second-order valence-corrected chi connectivity index (χ2v) is 7.16. The van der Waals surface area contributed by atoms with Gasteiger partial charge in [0.15, 0.2) is 0 Å². The minimum absolute atomic E-state index is 0.243. The van der Waals surface area contributed by atoms with Crippen LogP contribution in [-0.4, -0.2) is 22.0 Å². The number of hydrogen-bond acceptors (Lipinski definition) is 6. The Morgan fingerprint density at radius 1 is 0.935 bits per heavy atom. The van der Waals surface area contributed by atoms with Crippen LogP contribution in [0.25, 0.3) is 10.8 Å². The third-order valence-corrected chi connectivity index (χ3v) is 5.08. The maximum Gasteiger partial charge on any atom is 0.275 e. The molecule has 1 aromatic heterocycles. The van der Waals surface area contributed by atoms with Gasteiger partial charge in [-0.1, -0.05) is 41.6 Å². The molecule has 3 aromatic carbocycles. The molecule has 156 valence electrons. The van der Waals surface area contributed by atoms with Crippen LogP contribution in [0, 0.1) is 13.8 Å². The molecule has 0 radical (unpaired) electrons. The maximum atomic E-state index is 12.8. The van der Waals surface area contributed by atoms with Crippen molar-refractivity contribution in [1.29, 1.82) is 0 Å². The molecule has 4 rings (SSSR count). The Balaban J connectivity index is 1.50. The van der Waals surface area contributed by atoms with Gasteiger partial charge in [0.25, 0.3) is 11.8 Å². The Morgan fingerprint density at radius 2 is 1.65 bits per heavy atom. The van der Waals surface area contributed by atoms with E-state index in [4.69, 9.17) is 15.1 Å². The van der Waals surface area contributed by atoms with Gasteiger partial charge in [-0.3, -0.25) is 9.59 Å². The van der Waals surface area contributed by atoms with E-state index in [9.17, 15) is 9.59 Å². The highest BCUT2D eigenvalue weighted by molar-refractivity contribution is 6.10. The number of carbonyl (C=O) groups excluding carboxylic acids is 2. The third-order valence-electron chi connectivity index (χ3n) is 5.08. The molecule has 1 heterocycles.